The summed E-state index contributed by atoms with van der Waals surface area (Å²) in [5.41, 5.74) is 4.50. The maximum absolute atomic E-state index is 14.9. The van der Waals surface area contributed by atoms with Gasteiger partial charge in [-0.1, -0.05) is 12.1 Å². The molecule has 0 aliphatic heterocycles. The number of carbonyl (C=O) groups excluding carboxylic acids is 2. The molecular formula is C24H17F4N3O3. The molecule has 1 heterocycles. The Hall–Kier alpha value is -4.21. The van der Waals surface area contributed by atoms with Crippen molar-refractivity contribution < 1.29 is 31.9 Å². The molecule has 0 radical (unpaired) electrons. The van der Waals surface area contributed by atoms with Gasteiger partial charge in [-0.2, -0.15) is 23.0 Å². The van der Waals surface area contributed by atoms with E-state index in [-0.39, 0.29) is 39.0 Å². The van der Waals surface area contributed by atoms with E-state index in [0.717, 1.165) is 23.9 Å². The van der Waals surface area contributed by atoms with Crippen LogP contribution in [0.3, 0.4) is 0 Å². The first-order valence-corrected chi connectivity index (χ1v) is 9.91. The first kappa shape index (κ1) is 23.0. The quantitative estimate of drug-likeness (QED) is 0.251. The molecule has 0 fully saturated rings. The van der Waals surface area contributed by atoms with Gasteiger partial charge >= 0.3 is 12.1 Å². The number of carbonyl (C=O) groups is 2. The Labute approximate surface area is 190 Å². The van der Waals surface area contributed by atoms with E-state index in [1.807, 2.05) is 0 Å². The van der Waals surface area contributed by atoms with Gasteiger partial charge in [0, 0.05) is 16.6 Å². The Balaban J connectivity index is 1.96. The van der Waals surface area contributed by atoms with Crippen molar-refractivity contribution in [3.63, 3.8) is 0 Å². The van der Waals surface area contributed by atoms with Crippen LogP contribution in [0.2, 0.25) is 0 Å². The molecule has 4 rings (SSSR count). The van der Waals surface area contributed by atoms with E-state index in [9.17, 15) is 27.2 Å². The highest BCUT2D eigenvalue weighted by atomic mass is 19.4. The molecule has 0 amide bonds. The van der Waals surface area contributed by atoms with Crippen molar-refractivity contribution in [1.29, 1.82) is 0 Å². The fourth-order valence-electron chi connectivity index (χ4n) is 3.73. The predicted molar refractivity (Wildman–Crippen MR) is 117 cm³/mol. The molecule has 2 N–H and O–H groups in total. The summed E-state index contributed by atoms with van der Waals surface area (Å²) in [4.78, 5) is 25.1. The fraction of sp³-hybridized carbons (Fsp3) is 0.125. The van der Waals surface area contributed by atoms with Crippen molar-refractivity contribution in [1.82, 2.24) is 9.78 Å². The standard InChI is InChI=1S/C24H17F4N3O3/c1-12-4-3-5-17(24(26,27)28)20(12)22(32)31-19-11-14(29)7-9-16(19)21(30-31)15-8-6-13(10-18(15)25)23(33)34-2/h3-11H,29H2,1-2H3. The highest BCUT2D eigenvalue weighted by Crippen LogP contribution is 2.36. The van der Waals surface area contributed by atoms with Gasteiger partial charge < -0.3 is 10.5 Å². The number of anilines is 1. The SMILES string of the molecule is COC(=O)c1ccc(-c2nn(C(=O)c3c(C)cccc3C(F)(F)F)c3cc(N)ccc23)c(F)c1. The number of fused-ring (bicyclic) bond motifs is 1. The number of nitrogens with zero attached hydrogens (tertiary/aromatic N) is 2. The zero-order chi connectivity index (χ0) is 24.8. The van der Waals surface area contributed by atoms with Crippen molar-refractivity contribution in [3.8, 4) is 11.3 Å². The third-order valence-corrected chi connectivity index (χ3v) is 5.33. The van der Waals surface area contributed by atoms with E-state index in [0.29, 0.717) is 0 Å². The van der Waals surface area contributed by atoms with Gasteiger partial charge in [0.15, 0.2) is 0 Å². The summed E-state index contributed by atoms with van der Waals surface area (Å²) in [6.45, 7) is 1.38. The highest BCUT2D eigenvalue weighted by Gasteiger charge is 2.37. The summed E-state index contributed by atoms with van der Waals surface area (Å²) < 4.78 is 61.3. The molecule has 174 valence electrons. The molecule has 0 saturated heterocycles. The van der Waals surface area contributed by atoms with Crippen LogP contribution in [0.4, 0.5) is 23.2 Å². The van der Waals surface area contributed by atoms with E-state index in [2.05, 4.69) is 9.84 Å². The second-order valence-corrected chi connectivity index (χ2v) is 7.52. The summed E-state index contributed by atoms with van der Waals surface area (Å²) in [5, 5.41) is 4.47. The first-order chi connectivity index (χ1) is 16.0. The molecule has 34 heavy (non-hydrogen) atoms. The third-order valence-electron chi connectivity index (χ3n) is 5.33. The van der Waals surface area contributed by atoms with Crippen LogP contribution >= 0.6 is 0 Å². The Morgan fingerprint density at radius 3 is 2.44 bits per heavy atom. The lowest BCUT2D eigenvalue weighted by molar-refractivity contribution is -0.138. The summed E-state index contributed by atoms with van der Waals surface area (Å²) in [6.07, 6.45) is -4.78. The van der Waals surface area contributed by atoms with E-state index in [1.54, 1.807) is 0 Å². The second-order valence-electron chi connectivity index (χ2n) is 7.52. The van der Waals surface area contributed by atoms with Crippen LogP contribution < -0.4 is 5.73 Å². The van der Waals surface area contributed by atoms with E-state index in [4.69, 9.17) is 5.73 Å². The van der Waals surface area contributed by atoms with Crippen LogP contribution in [0.1, 0.15) is 31.8 Å². The molecule has 0 saturated carbocycles. The van der Waals surface area contributed by atoms with Crippen molar-refractivity contribution in [2.45, 2.75) is 13.1 Å². The van der Waals surface area contributed by atoms with Crippen LogP contribution in [0.15, 0.2) is 54.6 Å². The van der Waals surface area contributed by atoms with E-state index in [1.165, 1.54) is 49.4 Å². The molecule has 0 aliphatic rings. The maximum atomic E-state index is 14.9. The number of nitrogen functional groups attached to an aromatic ring is 1. The lowest BCUT2D eigenvalue weighted by atomic mass is 10.0. The average Bonchev–Trinajstić information content (AvgIpc) is 3.15. The molecular weight excluding hydrogens is 454 g/mol. The van der Waals surface area contributed by atoms with Gasteiger partial charge in [-0.05, 0) is 55.0 Å². The number of ether oxygens (including phenoxy) is 1. The Morgan fingerprint density at radius 1 is 1.06 bits per heavy atom. The van der Waals surface area contributed by atoms with Crippen molar-refractivity contribution >= 4 is 28.5 Å². The zero-order valence-electron chi connectivity index (χ0n) is 17.9. The largest absolute Gasteiger partial charge is 0.465 e. The second kappa shape index (κ2) is 8.29. The number of hydrogen-bond donors (Lipinski definition) is 1. The molecule has 0 unspecified atom stereocenters. The minimum atomic E-state index is -4.78. The number of methoxy groups -OCH3 is 1. The molecule has 0 bridgehead atoms. The zero-order valence-corrected chi connectivity index (χ0v) is 17.9. The van der Waals surface area contributed by atoms with Crippen LogP contribution in [0.25, 0.3) is 22.2 Å². The van der Waals surface area contributed by atoms with Gasteiger partial charge in [0.2, 0.25) is 0 Å². The average molecular weight is 471 g/mol. The smallest absolute Gasteiger partial charge is 0.417 e. The fourth-order valence-corrected chi connectivity index (χ4v) is 3.73. The summed E-state index contributed by atoms with van der Waals surface area (Å²) >= 11 is 0. The Kier molecular flexibility index (Phi) is 5.60. The van der Waals surface area contributed by atoms with Gasteiger partial charge in [-0.25, -0.2) is 9.18 Å². The van der Waals surface area contributed by atoms with Crippen molar-refractivity contribution in [2.75, 3.05) is 12.8 Å². The lowest BCUT2D eigenvalue weighted by Crippen LogP contribution is -2.21. The molecule has 3 aromatic carbocycles. The van der Waals surface area contributed by atoms with Gasteiger partial charge in [0.25, 0.3) is 5.91 Å². The maximum Gasteiger partial charge on any atom is 0.417 e. The van der Waals surface area contributed by atoms with E-state index >= 15 is 0 Å². The van der Waals surface area contributed by atoms with Gasteiger partial charge in [0.1, 0.15) is 11.5 Å². The van der Waals surface area contributed by atoms with Crippen LogP contribution in [0, 0.1) is 12.7 Å². The topological polar surface area (TPSA) is 87.2 Å². The number of hydrogen-bond acceptors (Lipinski definition) is 5. The monoisotopic (exact) mass is 471 g/mol. The normalized spacial score (nSPS) is 11.6. The Bertz CT molecular complexity index is 1460. The number of nitrogens with two attached hydrogens (primary N) is 1. The van der Waals surface area contributed by atoms with Gasteiger partial charge in [-0.15, -0.1) is 0 Å². The summed E-state index contributed by atoms with van der Waals surface area (Å²) in [7, 11) is 1.15. The molecule has 6 nitrogen and oxygen atoms in total. The van der Waals surface area contributed by atoms with Gasteiger partial charge in [-0.3, -0.25) is 4.79 Å². The molecule has 0 spiro atoms. The van der Waals surface area contributed by atoms with E-state index < -0.39 is 35.0 Å². The highest BCUT2D eigenvalue weighted by molar-refractivity contribution is 6.06. The Morgan fingerprint density at radius 2 is 1.79 bits per heavy atom. The lowest BCUT2D eigenvalue weighted by Gasteiger charge is -2.14. The van der Waals surface area contributed by atoms with Crippen LogP contribution in [0.5, 0.6) is 0 Å². The van der Waals surface area contributed by atoms with Crippen molar-refractivity contribution in [3.05, 3.63) is 82.7 Å². The summed E-state index contributed by atoms with van der Waals surface area (Å²) in [6, 6.07) is 11.3. The van der Waals surface area contributed by atoms with Crippen LogP contribution in [-0.4, -0.2) is 28.8 Å². The third kappa shape index (κ3) is 3.87. The number of halogens is 4. The molecule has 10 heteroatoms. The number of esters is 1. The molecule has 0 atom stereocenters. The molecule has 4 aromatic rings. The number of aromatic nitrogens is 2. The number of benzene rings is 3. The summed E-state index contributed by atoms with van der Waals surface area (Å²) in [5.74, 6) is -2.62. The van der Waals surface area contributed by atoms with Gasteiger partial charge in [0.05, 0.1) is 29.3 Å². The minimum Gasteiger partial charge on any atom is -0.465 e. The number of aryl methyl sites for hydroxylation is 1. The first-order valence-electron chi connectivity index (χ1n) is 9.91. The predicted octanol–water partition coefficient (Wildman–Crippen LogP) is 5.23. The molecule has 0 aliphatic carbocycles. The molecule has 1 aromatic heterocycles. The van der Waals surface area contributed by atoms with Crippen LogP contribution in [-0.2, 0) is 10.9 Å². The van der Waals surface area contributed by atoms with Crippen molar-refractivity contribution in [2.24, 2.45) is 0 Å². The number of alkyl halides is 3. The number of rotatable bonds is 3. The minimum absolute atomic E-state index is 0.000548.